The van der Waals surface area contributed by atoms with Gasteiger partial charge in [-0.2, -0.15) is 0 Å². The first-order valence-electron chi connectivity index (χ1n) is 11.6. The number of pyridine rings is 1. The lowest BCUT2D eigenvalue weighted by molar-refractivity contribution is -0.135. The molecule has 1 fully saturated rings. The third kappa shape index (κ3) is 6.89. The highest BCUT2D eigenvalue weighted by atomic mass is 16.5. The molecule has 7 nitrogen and oxygen atoms in total. The fourth-order valence-electron chi connectivity index (χ4n) is 4.05. The molecule has 1 atom stereocenters. The maximum absolute atomic E-state index is 13.4. The number of aromatic nitrogens is 1. The predicted molar refractivity (Wildman–Crippen MR) is 130 cm³/mol. The van der Waals surface area contributed by atoms with Gasteiger partial charge in [-0.05, 0) is 22.8 Å². The summed E-state index contributed by atoms with van der Waals surface area (Å²) in [5.41, 5.74) is 3.04. The van der Waals surface area contributed by atoms with Crippen LogP contribution in [0.15, 0.2) is 85.2 Å². The number of piperazine rings is 1. The predicted octanol–water partition coefficient (Wildman–Crippen LogP) is 3.26. The van der Waals surface area contributed by atoms with Crippen LogP contribution in [0.25, 0.3) is 0 Å². The Morgan fingerprint density at radius 1 is 0.853 bits per heavy atom. The van der Waals surface area contributed by atoms with Crippen LogP contribution in [-0.4, -0.2) is 59.0 Å². The van der Waals surface area contributed by atoms with Crippen molar-refractivity contribution in [1.29, 1.82) is 0 Å². The number of nitrogens with one attached hydrogen (secondary N) is 1. The molecule has 1 aliphatic heterocycles. The quantitative estimate of drug-likeness (QED) is 0.561. The Balaban J connectivity index is 1.35. The van der Waals surface area contributed by atoms with E-state index in [1.54, 1.807) is 6.20 Å². The van der Waals surface area contributed by atoms with Crippen molar-refractivity contribution in [2.75, 3.05) is 26.2 Å². The second-order valence-electron chi connectivity index (χ2n) is 8.41. The van der Waals surface area contributed by atoms with Crippen LogP contribution < -0.4 is 5.32 Å². The van der Waals surface area contributed by atoms with Crippen molar-refractivity contribution in [1.82, 2.24) is 20.1 Å². The van der Waals surface area contributed by atoms with E-state index in [9.17, 15) is 9.59 Å². The number of hydrogen-bond acceptors (Lipinski definition) is 5. The van der Waals surface area contributed by atoms with E-state index in [1.165, 1.54) is 0 Å². The molecule has 1 saturated heterocycles. The lowest BCUT2D eigenvalue weighted by atomic mass is 10.0. The Morgan fingerprint density at radius 3 is 2.15 bits per heavy atom. The van der Waals surface area contributed by atoms with Gasteiger partial charge in [0.15, 0.2) is 0 Å². The summed E-state index contributed by atoms with van der Waals surface area (Å²) in [7, 11) is 0. The van der Waals surface area contributed by atoms with Crippen molar-refractivity contribution in [3.05, 3.63) is 102 Å². The minimum atomic E-state index is -0.685. The minimum absolute atomic E-state index is 0.0819. The van der Waals surface area contributed by atoms with E-state index in [-0.39, 0.29) is 12.5 Å². The molecule has 0 aliphatic carbocycles. The molecule has 176 valence electrons. The Bertz CT molecular complexity index is 1040. The van der Waals surface area contributed by atoms with Crippen LogP contribution in [0.5, 0.6) is 0 Å². The maximum atomic E-state index is 13.4. The molecule has 0 spiro atoms. The van der Waals surface area contributed by atoms with Crippen molar-refractivity contribution in [2.45, 2.75) is 25.6 Å². The smallest absolute Gasteiger partial charge is 0.408 e. The SMILES string of the molecule is O=C(NC(Cc1ccccc1)C(=O)N1CCN(Cc2cccnc2)CC1)OCc1ccccc1. The first kappa shape index (κ1) is 23.4. The first-order valence-corrected chi connectivity index (χ1v) is 11.6. The van der Waals surface area contributed by atoms with Gasteiger partial charge >= 0.3 is 6.09 Å². The van der Waals surface area contributed by atoms with Crippen LogP contribution in [0.1, 0.15) is 16.7 Å². The number of rotatable bonds is 8. The molecule has 0 bridgehead atoms. The lowest BCUT2D eigenvalue weighted by Crippen LogP contribution is -2.55. The number of ether oxygens (including phenoxy) is 1. The van der Waals surface area contributed by atoms with Crippen molar-refractivity contribution in [3.63, 3.8) is 0 Å². The van der Waals surface area contributed by atoms with E-state index in [0.717, 1.165) is 36.3 Å². The van der Waals surface area contributed by atoms with Crippen LogP contribution in [0, 0.1) is 0 Å². The minimum Gasteiger partial charge on any atom is -0.445 e. The Morgan fingerprint density at radius 2 is 1.50 bits per heavy atom. The molecule has 7 heteroatoms. The van der Waals surface area contributed by atoms with Gasteiger partial charge in [-0.1, -0.05) is 66.7 Å². The first-order chi connectivity index (χ1) is 16.7. The molecule has 2 amide bonds. The van der Waals surface area contributed by atoms with Crippen molar-refractivity contribution in [3.8, 4) is 0 Å². The second-order valence-corrected chi connectivity index (χ2v) is 8.41. The Labute approximate surface area is 200 Å². The van der Waals surface area contributed by atoms with E-state index in [4.69, 9.17) is 4.74 Å². The number of benzene rings is 2. The van der Waals surface area contributed by atoms with Gasteiger partial charge < -0.3 is 15.0 Å². The summed E-state index contributed by atoms with van der Waals surface area (Å²) in [6.45, 7) is 3.75. The van der Waals surface area contributed by atoms with Gasteiger partial charge in [0.25, 0.3) is 0 Å². The molecular weight excluding hydrogens is 428 g/mol. The lowest BCUT2D eigenvalue weighted by Gasteiger charge is -2.36. The van der Waals surface area contributed by atoms with Crippen LogP contribution in [0.3, 0.4) is 0 Å². The molecule has 4 rings (SSSR count). The molecule has 3 aromatic rings. The van der Waals surface area contributed by atoms with E-state index < -0.39 is 12.1 Å². The van der Waals surface area contributed by atoms with E-state index in [1.807, 2.05) is 77.8 Å². The summed E-state index contributed by atoms with van der Waals surface area (Å²) in [4.78, 5) is 34.3. The van der Waals surface area contributed by atoms with Gasteiger partial charge in [0.2, 0.25) is 5.91 Å². The fraction of sp³-hybridized carbons (Fsp3) is 0.296. The standard InChI is InChI=1S/C27H30N4O3/c32-26(31-16-14-30(15-17-31)20-24-12-7-13-28-19-24)25(18-22-8-3-1-4-9-22)29-27(33)34-21-23-10-5-2-6-11-23/h1-13,19,25H,14-18,20-21H2,(H,29,33). The van der Waals surface area contributed by atoms with Gasteiger partial charge in [0.05, 0.1) is 0 Å². The third-order valence-electron chi connectivity index (χ3n) is 5.90. The largest absolute Gasteiger partial charge is 0.445 e. The van der Waals surface area contributed by atoms with Gasteiger partial charge in [0.1, 0.15) is 12.6 Å². The highest BCUT2D eigenvalue weighted by Crippen LogP contribution is 2.12. The van der Waals surface area contributed by atoms with Crippen molar-refractivity contribution in [2.24, 2.45) is 0 Å². The molecule has 1 unspecified atom stereocenters. The van der Waals surface area contributed by atoms with Crippen LogP contribution in [0.4, 0.5) is 4.79 Å². The summed E-state index contributed by atoms with van der Waals surface area (Å²) >= 11 is 0. The molecule has 1 aliphatic rings. The highest BCUT2D eigenvalue weighted by molar-refractivity contribution is 5.86. The van der Waals surface area contributed by atoms with Crippen LogP contribution in [0.2, 0.25) is 0 Å². The highest BCUT2D eigenvalue weighted by Gasteiger charge is 2.29. The summed E-state index contributed by atoms with van der Waals surface area (Å²) < 4.78 is 5.38. The summed E-state index contributed by atoms with van der Waals surface area (Å²) in [6.07, 6.45) is 3.47. The number of hydrogen-bond donors (Lipinski definition) is 1. The summed E-state index contributed by atoms with van der Waals surface area (Å²) in [6, 6.07) is 22.5. The van der Waals surface area contributed by atoms with Crippen molar-refractivity contribution < 1.29 is 14.3 Å². The topological polar surface area (TPSA) is 74.8 Å². The summed E-state index contributed by atoms with van der Waals surface area (Å²) in [5.74, 6) is -0.0819. The number of alkyl carbamates (subject to hydrolysis) is 1. The number of amides is 2. The molecule has 1 N–H and O–H groups in total. The average molecular weight is 459 g/mol. The monoisotopic (exact) mass is 458 g/mol. The molecule has 0 saturated carbocycles. The molecule has 34 heavy (non-hydrogen) atoms. The van der Waals surface area contributed by atoms with Gasteiger partial charge in [-0.3, -0.25) is 14.7 Å². The van der Waals surface area contributed by atoms with Gasteiger partial charge in [-0.25, -0.2) is 4.79 Å². The number of carbonyl (C=O) groups is 2. The van der Waals surface area contributed by atoms with E-state index >= 15 is 0 Å². The zero-order chi connectivity index (χ0) is 23.6. The molecule has 2 aromatic carbocycles. The van der Waals surface area contributed by atoms with E-state index in [0.29, 0.717) is 19.5 Å². The third-order valence-corrected chi connectivity index (χ3v) is 5.90. The Hall–Kier alpha value is -3.71. The molecule has 2 heterocycles. The normalized spacial score (nSPS) is 14.9. The molecule has 0 radical (unpaired) electrons. The van der Waals surface area contributed by atoms with E-state index in [2.05, 4.69) is 21.3 Å². The number of nitrogens with zero attached hydrogens (tertiary/aromatic N) is 3. The molecular formula is C27H30N4O3. The molecule has 1 aromatic heterocycles. The van der Waals surface area contributed by atoms with Crippen LogP contribution in [-0.2, 0) is 29.1 Å². The Kier molecular flexibility index (Phi) is 8.24. The maximum Gasteiger partial charge on any atom is 0.408 e. The van der Waals surface area contributed by atoms with Crippen LogP contribution >= 0.6 is 0 Å². The zero-order valence-corrected chi connectivity index (χ0v) is 19.2. The fourth-order valence-corrected chi connectivity index (χ4v) is 4.05. The van der Waals surface area contributed by atoms with Crippen molar-refractivity contribution >= 4 is 12.0 Å². The average Bonchev–Trinajstić information content (AvgIpc) is 2.89. The van der Waals surface area contributed by atoms with Gasteiger partial charge in [0, 0.05) is 51.5 Å². The second kappa shape index (κ2) is 12.0. The summed E-state index contributed by atoms with van der Waals surface area (Å²) in [5, 5.41) is 2.81. The van der Waals surface area contributed by atoms with Gasteiger partial charge in [-0.15, -0.1) is 0 Å². The zero-order valence-electron chi connectivity index (χ0n) is 19.2. The number of carbonyl (C=O) groups excluding carboxylic acids is 2.